The number of carbonyl (C=O) groups excluding carboxylic acids is 1. The summed E-state index contributed by atoms with van der Waals surface area (Å²) in [6, 6.07) is 7.35. The van der Waals surface area contributed by atoms with Gasteiger partial charge in [-0.15, -0.1) is 0 Å². The van der Waals surface area contributed by atoms with Gasteiger partial charge in [0.05, 0.1) is 12.0 Å². The van der Waals surface area contributed by atoms with E-state index in [4.69, 9.17) is 4.74 Å². The lowest BCUT2D eigenvalue weighted by atomic mass is 9.79. The number of aromatic nitrogens is 1. The van der Waals surface area contributed by atoms with Gasteiger partial charge in [0.1, 0.15) is 5.75 Å². The van der Waals surface area contributed by atoms with Crippen LogP contribution in [0.25, 0.3) is 11.3 Å². The van der Waals surface area contributed by atoms with Crippen LogP contribution in [0.15, 0.2) is 18.2 Å². The summed E-state index contributed by atoms with van der Waals surface area (Å²) >= 11 is 0. The number of amides is 1. The molecule has 220 valence electrons. The van der Waals surface area contributed by atoms with Crippen molar-refractivity contribution in [2.24, 2.45) is 11.3 Å². The Hall–Kier alpha value is -2.27. The van der Waals surface area contributed by atoms with Crippen molar-refractivity contribution >= 4 is 5.91 Å². The maximum absolute atomic E-state index is 12.7. The molecule has 5 nitrogen and oxygen atoms in total. The number of rotatable bonds is 8. The van der Waals surface area contributed by atoms with E-state index in [9.17, 15) is 4.79 Å². The van der Waals surface area contributed by atoms with Crippen molar-refractivity contribution in [2.75, 3.05) is 27.2 Å². The Bertz CT molecular complexity index is 1220. The SMILES string of the molecule is Cc1c(CNCC(C)(C)C(=O)N(C)C)cc(-c2cc(C(C)(C)C)c3c(c2)C2(CCO3)CC2)n1CC1CCCCC1. The van der Waals surface area contributed by atoms with Gasteiger partial charge >= 0.3 is 0 Å². The van der Waals surface area contributed by atoms with Crippen LogP contribution in [0.1, 0.15) is 108 Å². The second kappa shape index (κ2) is 10.9. The highest BCUT2D eigenvalue weighted by atomic mass is 16.5. The lowest BCUT2D eigenvalue weighted by Gasteiger charge is -2.33. The maximum atomic E-state index is 12.7. The second-order valence-electron chi connectivity index (χ2n) is 15.0. The van der Waals surface area contributed by atoms with Gasteiger partial charge in [0, 0.05) is 61.7 Å². The largest absolute Gasteiger partial charge is 0.493 e. The predicted octanol–water partition coefficient (Wildman–Crippen LogP) is 7.36. The Morgan fingerprint density at radius 2 is 1.75 bits per heavy atom. The minimum atomic E-state index is -0.441. The zero-order valence-electron chi connectivity index (χ0n) is 26.5. The lowest BCUT2D eigenvalue weighted by molar-refractivity contribution is -0.137. The minimum Gasteiger partial charge on any atom is -0.493 e. The normalized spacial score (nSPS) is 18.9. The Morgan fingerprint density at radius 3 is 2.38 bits per heavy atom. The summed E-state index contributed by atoms with van der Waals surface area (Å²) in [4.78, 5) is 14.4. The number of nitrogens with zero attached hydrogens (tertiary/aromatic N) is 2. The van der Waals surface area contributed by atoms with E-state index >= 15 is 0 Å². The number of hydrogen-bond donors (Lipinski definition) is 1. The molecular formula is C35H53N3O2. The van der Waals surface area contributed by atoms with Gasteiger partial charge in [-0.3, -0.25) is 4.79 Å². The second-order valence-corrected chi connectivity index (χ2v) is 15.0. The first-order chi connectivity index (χ1) is 18.8. The summed E-state index contributed by atoms with van der Waals surface area (Å²) in [6.07, 6.45) is 10.5. The molecule has 0 atom stereocenters. The minimum absolute atomic E-state index is 0.0122. The van der Waals surface area contributed by atoms with E-state index < -0.39 is 5.41 Å². The summed E-state index contributed by atoms with van der Waals surface area (Å²) in [5.41, 5.74) is 8.08. The van der Waals surface area contributed by atoms with Crippen LogP contribution >= 0.6 is 0 Å². The molecule has 0 saturated heterocycles. The molecule has 1 amide bonds. The summed E-state index contributed by atoms with van der Waals surface area (Å²) in [5.74, 6) is 2.07. The van der Waals surface area contributed by atoms with Crippen LogP contribution < -0.4 is 10.1 Å². The van der Waals surface area contributed by atoms with E-state index in [1.54, 1.807) is 4.90 Å². The fraction of sp³-hybridized carbons (Fsp3) is 0.686. The van der Waals surface area contributed by atoms with Crippen LogP contribution in [-0.2, 0) is 28.7 Å². The highest BCUT2D eigenvalue weighted by Gasteiger charge is 2.49. The van der Waals surface area contributed by atoms with E-state index in [0.29, 0.717) is 12.0 Å². The number of benzene rings is 1. The lowest BCUT2D eigenvalue weighted by Crippen LogP contribution is -2.42. The fourth-order valence-electron chi connectivity index (χ4n) is 7.21. The van der Waals surface area contributed by atoms with Crippen molar-refractivity contribution in [3.05, 3.63) is 40.6 Å². The van der Waals surface area contributed by atoms with Gasteiger partial charge < -0.3 is 19.5 Å². The number of nitrogens with one attached hydrogen (secondary N) is 1. The highest BCUT2D eigenvalue weighted by molar-refractivity contribution is 5.81. The Labute approximate surface area is 243 Å². The molecule has 5 rings (SSSR count). The Morgan fingerprint density at radius 1 is 1.05 bits per heavy atom. The fourth-order valence-corrected chi connectivity index (χ4v) is 7.21. The molecule has 2 saturated carbocycles. The van der Waals surface area contributed by atoms with E-state index in [0.717, 1.165) is 37.8 Å². The van der Waals surface area contributed by atoms with Crippen LogP contribution in [0.2, 0.25) is 0 Å². The quantitative estimate of drug-likeness (QED) is 0.376. The standard InChI is InChI=1S/C35H53N3O2/c1-24-27(21-36-23-34(5,6)32(39)37(7)8)20-30(38(24)22-25-12-10-9-11-13-25)26-18-28(33(2,3)4)31-29(19-26)35(14-15-35)16-17-40-31/h18-20,25,36H,9-17,21-23H2,1-8H3. The van der Waals surface area contributed by atoms with E-state index in [2.05, 4.69) is 55.8 Å². The number of hydrogen-bond acceptors (Lipinski definition) is 3. The zero-order valence-corrected chi connectivity index (χ0v) is 26.5. The van der Waals surface area contributed by atoms with E-state index in [1.807, 2.05) is 27.9 Å². The zero-order chi connectivity index (χ0) is 28.9. The first-order valence-corrected chi connectivity index (χ1v) is 15.8. The number of ether oxygens (including phenoxy) is 1. The molecule has 1 aromatic heterocycles. The average Bonchev–Trinajstić information content (AvgIpc) is 3.61. The first-order valence-electron chi connectivity index (χ1n) is 15.8. The van der Waals surface area contributed by atoms with Crippen LogP contribution in [0.5, 0.6) is 5.75 Å². The van der Waals surface area contributed by atoms with Crippen LogP contribution in [0.3, 0.4) is 0 Å². The molecule has 1 aromatic carbocycles. The van der Waals surface area contributed by atoms with Crippen molar-refractivity contribution in [1.29, 1.82) is 0 Å². The third kappa shape index (κ3) is 5.73. The van der Waals surface area contributed by atoms with Crippen LogP contribution in [0.4, 0.5) is 0 Å². The molecule has 2 heterocycles. The molecule has 2 aliphatic carbocycles. The van der Waals surface area contributed by atoms with Crippen molar-refractivity contribution in [3.8, 4) is 17.0 Å². The van der Waals surface area contributed by atoms with Crippen molar-refractivity contribution in [3.63, 3.8) is 0 Å². The third-order valence-electron chi connectivity index (χ3n) is 9.95. The average molecular weight is 548 g/mol. The van der Waals surface area contributed by atoms with Crippen molar-refractivity contribution < 1.29 is 9.53 Å². The first kappa shape index (κ1) is 29.2. The molecule has 1 spiro atoms. The molecule has 0 radical (unpaired) electrons. The topological polar surface area (TPSA) is 46.5 Å². The van der Waals surface area contributed by atoms with Gasteiger partial charge in [-0.1, -0.05) is 40.0 Å². The van der Waals surface area contributed by atoms with Gasteiger partial charge in [-0.05, 0) is 93.5 Å². The molecule has 5 heteroatoms. The van der Waals surface area contributed by atoms with Crippen LogP contribution in [0, 0.1) is 18.3 Å². The van der Waals surface area contributed by atoms with Gasteiger partial charge in [0.2, 0.25) is 5.91 Å². The smallest absolute Gasteiger partial charge is 0.228 e. The van der Waals surface area contributed by atoms with E-state index in [-0.39, 0.29) is 11.3 Å². The summed E-state index contributed by atoms with van der Waals surface area (Å²) in [7, 11) is 3.68. The maximum Gasteiger partial charge on any atom is 0.228 e. The number of fused-ring (bicyclic) bond motifs is 2. The van der Waals surface area contributed by atoms with Gasteiger partial charge in [0.15, 0.2) is 0 Å². The molecular weight excluding hydrogens is 494 g/mol. The molecule has 2 aromatic rings. The monoisotopic (exact) mass is 547 g/mol. The molecule has 0 bridgehead atoms. The third-order valence-corrected chi connectivity index (χ3v) is 9.95. The molecule has 1 aliphatic heterocycles. The summed E-state index contributed by atoms with van der Waals surface area (Å²) in [6.45, 7) is 16.7. The Balaban J connectivity index is 1.53. The van der Waals surface area contributed by atoms with Crippen molar-refractivity contribution in [1.82, 2.24) is 14.8 Å². The number of carbonyl (C=O) groups is 1. The van der Waals surface area contributed by atoms with Crippen molar-refractivity contribution in [2.45, 2.75) is 117 Å². The van der Waals surface area contributed by atoms with E-state index in [1.165, 1.54) is 78.6 Å². The predicted molar refractivity (Wildman–Crippen MR) is 165 cm³/mol. The molecule has 2 fully saturated rings. The van der Waals surface area contributed by atoms with Gasteiger partial charge in [-0.2, -0.15) is 0 Å². The molecule has 0 unspecified atom stereocenters. The van der Waals surface area contributed by atoms with Crippen LogP contribution in [-0.4, -0.2) is 42.6 Å². The summed E-state index contributed by atoms with van der Waals surface area (Å²) < 4.78 is 9.03. The summed E-state index contributed by atoms with van der Waals surface area (Å²) in [5, 5.41) is 3.64. The molecule has 40 heavy (non-hydrogen) atoms. The van der Waals surface area contributed by atoms with Gasteiger partial charge in [0.25, 0.3) is 0 Å². The highest BCUT2D eigenvalue weighted by Crippen LogP contribution is 2.58. The Kier molecular flexibility index (Phi) is 7.93. The van der Waals surface area contributed by atoms with Gasteiger partial charge in [-0.25, -0.2) is 0 Å². The molecule has 1 N–H and O–H groups in total. The molecule has 3 aliphatic rings.